The fourth-order valence-corrected chi connectivity index (χ4v) is 2.67. The van der Waals surface area contributed by atoms with Crippen molar-refractivity contribution in [3.8, 4) is 0 Å². The van der Waals surface area contributed by atoms with Crippen molar-refractivity contribution in [1.82, 2.24) is 4.90 Å². The number of nitrogens with zero attached hydrogens (tertiary/aromatic N) is 1. The molecule has 94 valence electrons. The average Bonchev–Trinajstić information content (AvgIpc) is 2.20. The first-order valence-electron chi connectivity index (χ1n) is 5.84. The summed E-state index contributed by atoms with van der Waals surface area (Å²) in [5, 5.41) is 9.85. The summed E-state index contributed by atoms with van der Waals surface area (Å²) >= 11 is 3.30. The van der Waals surface area contributed by atoms with Gasteiger partial charge in [-0.2, -0.15) is 0 Å². The van der Waals surface area contributed by atoms with Gasteiger partial charge in [0.1, 0.15) is 5.82 Å². The molecule has 0 radical (unpaired) electrons. The van der Waals surface area contributed by atoms with Crippen molar-refractivity contribution in [1.29, 1.82) is 0 Å². The summed E-state index contributed by atoms with van der Waals surface area (Å²) in [4.78, 5) is 2.25. The number of hydrogen-bond donors (Lipinski definition) is 1. The lowest BCUT2D eigenvalue weighted by Gasteiger charge is -2.35. The van der Waals surface area contributed by atoms with E-state index in [0.717, 1.165) is 42.5 Å². The Kier molecular flexibility index (Phi) is 3.85. The van der Waals surface area contributed by atoms with E-state index in [2.05, 4.69) is 20.8 Å². The summed E-state index contributed by atoms with van der Waals surface area (Å²) in [5.41, 5.74) is 0.442. The predicted octanol–water partition coefficient (Wildman–Crippen LogP) is 2.94. The van der Waals surface area contributed by atoms with Crippen molar-refractivity contribution in [3.05, 3.63) is 34.1 Å². The van der Waals surface area contributed by atoms with Crippen LogP contribution < -0.4 is 0 Å². The van der Waals surface area contributed by atoms with Gasteiger partial charge in [-0.1, -0.05) is 15.9 Å². The lowest BCUT2D eigenvalue weighted by atomic mass is 9.93. The average molecular weight is 302 g/mol. The highest BCUT2D eigenvalue weighted by molar-refractivity contribution is 9.10. The van der Waals surface area contributed by atoms with E-state index in [1.807, 2.05) is 13.0 Å². The minimum Gasteiger partial charge on any atom is -0.390 e. The molecule has 1 aromatic rings. The first kappa shape index (κ1) is 13.0. The second-order valence-corrected chi connectivity index (χ2v) is 5.97. The topological polar surface area (TPSA) is 23.5 Å². The lowest BCUT2D eigenvalue weighted by molar-refractivity contribution is -0.00732. The van der Waals surface area contributed by atoms with Gasteiger partial charge in [0.2, 0.25) is 0 Å². The maximum atomic E-state index is 13.2. The number of benzene rings is 1. The van der Waals surface area contributed by atoms with Crippen molar-refractivity contribution < 1.29 is 9.50 Å². The molecule has 0 spiro atoms. The zero-order chi connectivity index (χ0) is 12.5. The monoisotopic (exact) mass is 301 g/mol. The zero-order valence-corrected chi connectivity index (χ0v) is 11.5. The lowest BCUT2D eigenvalue weighted by Crippen LogP contribution is -2.41. The van der Waals surface area contributed by atoms with Crippen LogP contribution in [0.5, 0.6) is 0 Å². The molecule has 2 rings (SSSR count). The molecule has 0 atom stereocenters. The molecule has 1 aromatic carbocycles. The molecule has 0 unspecified atom stereocenters. The molecule has 17 heavy (non-hydrogen) atoms. The van der Waals surface area contributed by atoms with Crippen LogP contribution in [0.1, 0.15) is 25.3 Å². The molecule has 0 aliphatic carbocycles. The van der Waals surface area contributed by atoms with E-state index in [1.54, 1.807) is 6.07 Å². The molecule has 0 amide bonds. The minimum absolute atomic E-state index is 0.210. The third-order valence-electron chi connectivity index (χ3n) is 3.26. The van der Waals surface area contributed by atoms with Crippen LogP contribution in [0.25, 0.3) is 0 Å². The van der Waals surface area contributed by atoms with Gasteiger partial charge in [0.15, 0.2) is 0 Å². The Morgan fingerprint density at radius 2 is 2.00 bits per heavy atom. The Balaban J connectivity index is 1.97. The molecule has 0 aromatic heterocycles. The van der Waals surface area contributed by atoms with Gasteiger partial charge in [-0.15, -0.1) is 0 Å². The van der Waals surface area contributed by atoms with E-state index in [0.29, 0.717) is 0 Å². The fraction of sp³-hybridized carbons (Fsp3) is 0.538. The molecule has 1 saturated heterocycles. The number of halogens is 2. The van der Waals surface area contributed by atoms with Gasteiger partial charge in [-0.25, -0.2) is 4.39 Å². The Hall–Kier alpha value is -0.450. The molecule has 1 fully saturated rings. The molecule has 1 aliphatic rings. The molecule has 0 saturated carbocycles. The van der Waals surface area contributed by atoms with Crippen molar-refractivity contribution in [2.75, 3.05) is 13.1 Å². The van der Waals surface area contributed by atoms with E-state index < -0.39 is 5.60 Å². The summed E-state index contributed by atoms with van der Waals surface area (Å²) < 4.78 is 14.0. The SMILES string of the molecule is CC1(O)CCN(Cc2cc(F)cc(Br)c2)CC1. The van der Waals surface area contributed by atoms with Crippen LogP contribution in [-0.2, 0) is 6.54 Å². The van der Waals surface area contributed by atoms with Gasteiger partial charge in [0, 0.05) is 24.1 Å². The third-order valence-corrected chi connectivity index (χ3v) is 3.72. The van der Waals surface area contributed by atoms with Crippen LogP contribution in [0, 0.1) is 5.82 Å². The number of likely N-dealkylation sites (tertiary alicyclic amines) is 1. The summed E-state index contributed by atoms with van der Waals surface area (Å²) in [5.74, 6) is -0.210. The predicted molar refractivity (Wildman–Crippen MR) is 69.2 cm³/mol. The Morgan fingerprint density at radius 1 is 1.35 bits per heavy atom. The molecule has 2 nitrogen and oxygen atoms in total. The first-order chi connectivity index (χ1) is 7.94. The van der Waals surface area contributed by atoms with Crippen LogP contribution in [0.4, 0.5) is 4.39 Å². The fourth-order valence-electron chi connectivity index (χ4n) is 2.15. The largest absolute Gasteiger partial charge is 0.390 e. The van der Waals surface area contributed by atoms with Crippen molar-refractivity contribution >= 4 is 15.9 Å². The van der Waals surface area contributed by atoms with E-state index >= 15 is 0 Å². The maximum Gasteiger partial charge on any atom is 0.124 e. The Labute approximate surface area is 110 Å². The number of hydrogen-bond acceptors (Lipinski definition) is 2. The summed E-state index contributed by atoms with van der Waals surface area (Å²) in [6, 6.07) is 4.97. The highest BCUT2D eigenvalue weighted by Gasteiger charge is 2.27. The normalized spacial score (nSPS) is 20.5. The molecular weight excluding hydrogens is 285 g/mol. The summed E-state index contributed by atoms with van der Waals surface area (Å²) in [7, 11) is 0. The molecule has 1 aliphatic heterocycles. The summed E-state index contributed by atoms with van der Waals surface area (Å²) in [6.07, 6.45) is 1.56. The quantitative estimate of drug-likeness (QED) is 0.908. The van der Waals surface area contributed by atoms with E-state index in [9.17, 15) is 9.50 Å². The van der Waals surface area contributed by atoms with Crippen LogP contribution >= 0.6 is 15.9 Å². The standard InChI is InChI=1S/C13H17BrFNO/c1-13(17)2-4-16(5-3-13)9-10-6-11(14)8-12(15)7-10/h6-8,17H,2-5,9H2,1H3. The second-order valence-electron chi connectivity index (χ2n) is 5.05. The van der Waals surface area contributed by atoms with Gasteiger partial charge in [0.05, 0.1) is 5.60 Å². The second kappa shape index (κ2) is 5.04. The molecule has 1 N–H and O–H groups in total. The van der Waals surface area contributed by atoms with Gasteiger partial charge < -0.3 is 5.11 Å². The van der Waals surface area contributed by atoms with Crippen molar-refractivity contribution in [2.24, 2.45) is 0 Å². The molecule has 0 bridgehead atoms. The van der Waals surface area contributed by atoms with E-state index in [1.165, 1.54) is 6.07 Å². The molecule has 4 heteroatoms. The van der Waals surface area contributed by atoms with E-state index in [-0.39, 0.29) is 5.82 Å². The Morgan fingerprint density at radius 3 is 2.59 bits per heavy atom. The number of rotatable bonds is 2. The van der Waals surface area contributed by atoms with Crippen LogP contribution in [0.3, 0.4) is 0 Å². The first-order valence-corrected chi connectivity index (χ1v) is 6.64. The van der Waals surface area contributed by atoms with Crippen molar-refractivity contribution in [3.63, 3.8) is 0 Å². The third kappa shape index (κ3) is 3.76. The highest BCUT2D eigenvalue weighted by atomic mass is 79.9. The van der Waals surface area contributed by atoms with Gasteiger partial charge >= 0.3 is 0 Å². The van der Waals surface area contributed by atoms with Crippen LogP contribution in [-0.4, -0.2) is 28.7 Å². The van der Waals surface area contributed by atoms with Gasteiger partial charge in [0.25, 0.3) is 0 Å². The Bertz CT molecular complexity index is 378. The number of piperidine rings is 1. The van der Waals surface area contributed by atoms with Gasteiger partial charge in [-0.05, 0) is 43.5 Å². The minimum atomic E-state index is -0.529. The molecule has 1 heterocycles. The highest BCUT2D eigenvalue weighted by Crippen LogP contribution is 2.23. The van der Waals surface area contributed by atoms with Gasteiger partial charge in [-0.3, -0.25) is 4.90 Å². The van der Waals surface area contributed by atoms with Crippen LogP contribution in [0.2, 0.25) is 0 Å². The molecular formula is C13H17BrFNO. The maximum absolute atomic E-state index is 13.2. The van der Waals surface area contributed by atoms with E-state index in [4.69, 9.17) is 0 Å². The summed E-state index contributed by atoms with van der Waals surface area (Å²) in [6.45, 7) is 4.35. The smallest absolute Gasteiger partial charge is 0.124 e. The number of aliphatic hydroxyl groups is 1. The zero-order valence-electron chi connectivity index (χ0n) is 9.92. The van der Waals surface area contributed by atoms with Crippen molar-refractivity contribution in [2.45, 2.75) is 31.9 Å². The van der Waals surface area contributed by atoms with Crippen LogP contribution in [0.15, 0.2) is 22.7 Å².